The van der Waals surface area contributed by atoms with E-state index in [4.69, 9.17) is 12.8 Å². The Morgan fingerprint density at radius 1 is 1.04 bits per heavy atom. The van der Waals surface area contributed by atoms with Crippen LogP contribution in [0.5, 0.6) is 0 Å². The van der Waals surface area contributed by atoms with Crippen molar-refractivity contribution in [2.24, 2.45) is 10.8 Å². The second-order valence-corrected chi connectivity index (χ2v) is 21.3. The Kier molecular flexibility index (Phi) is 13.9. The van der Waals surface area contributed by atoms with Crippen LogP contribution in [0.2, 0.25) is 0 Å². The van der Waals surface area contributed by atoms with Crippen LogP contribution < -0.4 is 0 Å². The zero-order chi connectivity index (χ0) is 34.3. The molecule has 1 heterocycles. The number of hydroxylamine groups is 2. The summed E-state index contributed by atoms with van der Waals surface area (Å²) < 4.78 is 65.3. The molecule has 258 valence electrons. The summed E-state index contributed by atoms with van der Waals surface area (Å²) in [6.07, 6.45) is 12.8. The molecule has 5 atom stereocenters. The summed E-state index contributed by atoms with van der Waals surface area (Å²) in [7, 11) is -9.87. The largest absolute Gasteiger partial charge is 0.413 e. The molecule has 0 aromatic rings. The van der Waals surface area contributed by atoms with Crippen molar-refractivity contribution in [2.45, 2.75) is 103 Å². The number of imide groups is 1. The minimum atomic E-state index is -4.34. The highest BCUT2D eigenvalue weighted by Gasteiger charge is 2.40. The summed E-state index contributed by atoms with van der Waals surface area (Å²) in [4.78, 5) is 36.5. The molecule has 0 aromatic carbocycles. The smallest absolute Gasteiger partial charge is 0.342 e. The van der Waals surface area contributed by atoms with E-state index in [9.17, 15) is 31.6 Å². The quantitative estimate of drug-likeness (QED) is 0.0877. The summed E-state index contributed by atoms with van der Waals surface area (Å²) in [6.45, 7) is 14.7. The maximum absolute atomic E-state index is 13.3. The van der Waals surface area contributed by atoms with Crippen molar-refractivity contribution >= 4 is 51.6 Å². The van der Waals surface area contributed by atoms with E-state index in [1.165, 1.54) is 12.2 Å². The van der Waals surface area contributed by atoms with Crippen LogP contribution in [-0.4, -0.2) is 74.5 Å². The lowest BCUT2D eigenvalue weighted by atomic mass is 9.77. The number of hydrogen-bond acceptors (Lipinski definition) is 9. The van der Waals surface area contributed by atoms with Crippen LogP contribution in [0.3, 0.4) is 0 Å². The molecular formula is C31H49NO10S2Si2. The second kappa shape index (κ2) is 16.5. The molecule has 1 aliphatic heterocycles. The van der Waals surface area contributed by atoms with Gasteiger partial charge in [-0.05, 0) is 72.6 Å². The summed E-state index contributed by atoms with van der Waals surface area (Å²) in [6, 6.07) is 0. The molecule has 0 bridgehead atoms. The molecule has 3 aliphatic rings. The van der Waals surface area contributed by atoms with Crippen LogP contribution in [0.1, 0.15) is 92.4 Å². The summed E-state index contributed by atoms with van der Waals surface area (Å²) >= 11 is -1.92. The Bertz CT molecular complexity index is 1400. The fourth-order valence-electron chi connectivity index (χ4n) is 6.11. The Morgan fingerprint density at radius 2 is 1.72 bits per heavy atom. The molecule has 11 nitrogen and oxygen atoms in total. The zero-order valence-corrected chi connectivity index (χ0v) is 31.4. The van der Waals surface area contributed by atoms with E-state index in [1.807, 2.05) is 6.08 Å². The van der Waals surface area contributed by atoms with Crippen molar-refractivity contribution in [3.63, 3.8) is 0 Å². The second-order valence-electron chi connectivity index (χ2n) is 14.0. The first kappa shape index (κ1) is 38.6. The lowest BCUT2D eigenvalue weighted by molar-refractivity contribution is -0.171. The normalized spacial score (nSPS) is 24.9. The molecule has 1 saturated heterocycles. The Morgan fingerprint density at radius 3 is 2.28 bits per heavy atom. The van der Waals surface area contributed by atoms with Gasteiger partial charge in [-0.15, -0.1) is 9.35 Å². The van der Waals surface area contributed by atoms with Crippen LogP contribution in [0, 0.1) is 10.8 Å². The number of allylic oxidation sites excluding steroid dienone is 8. The van der Waals surface area contributed by atoms with Crippen molar-refractivity contribution in [1.82, 2.24) is 5.06 Å². The first-order valence-electron chi connectivity index (χ1n) is 15.6. The van der Waals surface area contributed by atoms with E-state index >= 15 is 0 Å². The van der Waals surface area contributed by atoms with Crippen molar-refractivity contribution < 1.29 is 44.4 Å². The van der Waals surface area contributed by atoms with Crippen LogP contribution in [0.25, 0.3) is 0 Å². The Balaban J connectivity index is 1.75. The average Bonchev–Trinajstić information content (AvgIpc) is 2.97. The van der Waals surface area contributed by atoms with Gasteiger partial charge in [0.25, 0.3) is 21.9 Å². The third-order valence-corrected chi connectivity index (χ3v) is 15.4. The van der Waals surface area contributed by atoms with Crippen LogP contribution in [0.4, 0.5) is 0 Å². The predicted octanol–water partition coefficient (Wildman–Crippen LogP) is 4.25. The van der Waals surface area contributed by atoms with Gasteiger partial charge in [-0.2, -0.15) is 8.42 Å². The van der Waals surface area contributed by atoms with Gasteiger partial charge < -0.3 is 17.9 Å². The molecular weight excluding hydrogens is 667 g/mol. The number of hydrogen-bond donors (Lipinski definition) is 2. The number of rotatable bonds is 14. The molecule has 0 saturated carbocycles. The van der Waals surface area contributed by atoms with E-state index in [0.717, 1.165) is 16.8 Å². The zero-order valence-electron chi connectivity index (χ0n) is 27.5. The molecule has 0 spiro atoms. The maximum atomic E-state index is 13.3. The number of carbonyl (C=O) groups excluding carboxylic acids is 2. The lowest BCUT2D eigenvalue weighted by Crippen LogP contribution is -2.45. The molecule has 2 amide bonds. The molecule has 1 fully saturated rings. The van der Waals surface area contributed by atoms with Gasteiger partial charge >= 0.3 is 18.6 Å². The number of amides is 2. The van der Waals surface area contributed by atoms with Crippen LogP contribution in [0.15, 0.2) is 59.0 Å². The lowest BCUT2D eigenvalue weighted by Gasteiger charge is -2.35. The average molecular weight is 716 g/mol. The van der Waals surface area contributed by atoms with E-state index in [0.29, 0.717) is 37.4 Å². The molecule has 5 unspecified atom stereocenters. The number of carbonyl (C=O) groups is 2. The SMILES string of the molecule is C=CC=CC=C1CCC(=O)N(OS(=O)(=O)C2CC=C([SiH](OCC(C)(C)CC(C)(C)C)O[SiH](O)C3=CCC(S(=O)O)CC3)CC2)C1=O. The fraction of sp³-hybridized carbons (Fsp3) is 0.613. The van der Waals surface area contributed by atoms with Gasteiger partial charge in [0.2, 0.25) is 0 Å². The van der Waals surface area contributed by atoms with Crippen LogP contribution in [-0.2, 0) is 43.6 Å². The molecule has 46 heavy (non-hydrogen) atoms. The number of nitrogens with zero attached hydrogens (tertiary/aromatic N) is 1. The molecule has 15 heteroatoms. The van der Waals surface area contributed by atoms with Gasteiger partial charge in [0.1, 0.15) is 0 Å². The third-order valence-electron chi connectivity index (χ3n) is 8.01. The first-order valence-corrected chi connectivity index (χ1v) is 21.4. The Hall–Kier alpha value is -1.83. The fourth-order valence-corrected chi connectivity index (χ4v) is 12.9. The Labute approximate surface area is 279 Å². The summed E-state index contributed by atoms with van der Waals surface area (Å²) in [5.41, 5.74) is 0.142. The molecule has 2 N–H and O–H groups in total. The van der Waals surface area contributed by atoms with E-state index in [1.54, 1.807) is 18.2 Å². The van der Waals surface area contributed by atoms with Crippen molar-refractivity contribution in [3.05, 3.63) is 59.0 Å². The topological polar surface area (TPSA) is 157 Å². The maximum Gasteiger partial charge on any atom is 0.342 e. The van der Waals surface area contributed by atoms with Gasteiger partial charge in [0.05, 0.1) is 10.5 Å². The number of piperidine rings is 1. The highest BCUT2D eigenvalue weighted by Crippen LogP contribution is 2.35. The van der Waals surface area contributed by atoms with Gasteiger partial charge in [-0.3, -0.25) is 9.59 Å². The molecule has 3 rings (SSSR count). The molecule has 2 aliphatic carbocycles. The van der Waals surface area contributed by atoms with Gasteiger partial charge in [-0.1, -0.05) is 77.7 Å². The van der Waals surface area contributed by atoms with E-state index in [-0.39, 0.29) is 47.3 Å². The van der Waals surface area contributed by atoms with Gasteiger partial charge in [0, 0.05) is 18.6 Å². The third kappa shape index (κ3) is 11.4. The summed E-state index contributed by atoms with van der Waals surface area (Å²) in [5.74, 6) is -1.52. The van der Waals surface area contributed by atoms with Crippen molar-refractivity contribution in [3.8, 4) is 0 Å². The summed E-state index contributed by atoms with van der Waals surface area (Å²) in [5, 5.41) is 0.606. The van der Waals surface area contributed by atoms with E-state index < -0.39 is 56.8 Å². The van der Waals surface area contributed by atoms with E-state index in [2.05, 4.69) is 41.2 Å². The highest BCUT2D eigenvalue weighted by molar-refractivity contribution is 7.87. The molecule has 0 aromatic heterocycles. The standard InChI is InChI=1S/C31H49NO10S2Si2/c1-7-8-9-10-23-11-20-28(33)32(29(23)34)41-44(37,38)25-14-18-27(19-15-25)46(40-22-31(5,6)21-30(2,3)4)42-45(39)26-16-12-24(13-17-26)43(35)36/h7-10,16,18,24-25,39,45-46H,1,11-15,17,19-22H2,2-6H3,(H,35,36). The monoisotopic (exact) mass is 715 g/mol. The van der Waals surface area contributed by atoms with Crippen LogP contribution >= 0.6 is 0 Å². The van der Waals surface area contributed by atoms with Crippen molar-refractivity contribution in [2.75, 3.05) is 6.61 Å². The first-order chi connectivity index (χ1) is 21.4. The van der Waals surface area contributed by atoms with Gasteiger partial charge in [0.15, 0.2) is 11.1 Å². The minimum Gasteiger partial charge on any atom is -0.413 e. The minimum absolute atomic E-state index is 0.0571. The molecule has 0 radical (unpaired) electrons. The highest BCUT2D eigenvalue weighted by atomic mass is 32.2. The van der Waals surface area contributed by atoms with Crippen molar-refractivity contribution in [1.29, 1.82) is 0 Å². The van der Waals surface area contributed by atoms with Gasteiger partial charge in [-0.25, -0.2) is 4.21 Å². The predicted molar refractivity (Wildman–Crippen MR) is 182 cm³/mol.